The Hall–Kier alpha value is -2.33. The van der Waals surface area contributed by atoms with Gasteiger partial charge < -0.3 is 9.47 Å². The zero-order valence-corrected chi connectivity index (χ0v) is 16.4. The van der Waals surface area contributed by atoms with Crippen LogP contribution in [0.25, 0.3) is 11.1 Å². The summed E-state index contributed by atoms with van der Waals surface area (Å²) in [6.07, 6.45) is -0.275. The zero-order valence-electron chi connectivity index (χ0n) is 14.8. The summed E-state index contributed by atoms with van der Waals surface area (Å²) in [6.45, 7) is -0.506. The summed E-state index contributed by atoms with van der Waals surface area (Å²) < 4.78 is 125. The highest BCUT2D eigenvalue weighted by Gasteiger charge is 2.37. The fourth-order valence-electron chi connectivity index (χ4n) is 2.33. The molecule has 2 aromatic rings. The van der Waals surface area contributed by atoms with Crippen molar-refractivity contribution in [2.24, 2.45) is 0 Å². The van der Waals surface area contributed by atoms with Crippen LogP contribution in [0.15, 0.2) is 46.2 Å². The molecule has 13 heteroatoms. The lowest BCUT2D eigenvalue weighted by atomic mass is 10.0. The van der Waals surface area contributed by atoms with Gasteiger partial charge in [0.15, 0.2) is 0 Å². The van der Waals surface area contributed by atoms with Crippen LogP contribution < -0.4 is 9.47 Å². The summed E-state index contributed by atoms with van der Waals surface area (Å²) >= 11 is -1.40. The molecular weight excluding hydrogens is 483 g/mol. The summed E-state index contributed by atoms with van der Waals surface area (Å²) in [7, 11) is 0. The largest absolute Gasteiger partial charge is 0.573 e. The molecule has 0 spiro atoms. The molecule has 0 N–H and O–H groups in total. The first-order valence-electron chi connectivity index (χ1n) is 7.79. The average Bonchev–Trinajstić information content (AvgIpc) is 2.57. The molecular formula is C18H9F9O2S2. The van der Waals surface area contributed by atoms with E-state index in [-0.39, 0.29) is 5.56 Å². The maximum absolute atomic E-state index is 13.2. The molecule has 0 bridgehead atoms. The lowest BCUT2D eigenvalue weighted by Gasteiger charge is -2.20. The van der Waals surface area contributed by atoms with Crippen molar-refractivity contribution in [1.82, 2.24) is 0 Å². The summed E-state index contributed by atoms with van der Waals surface area (Å²) in [6, 6.07) is 5.38. The van der Waals surface area contributed by atoms with Crippen LogP contribution in [0.3, 0.4) is 0 Å². The van der Waals surface area contributed by atoms with Gasteiger partial charge in [-0.05, 0) is 53.4 Å². The third kappa shape index (κ3) is 8.02. The highest BCUT2D eigenvalue weighted by molar-refractivity contribution is 8.00. The van der Waals surface area contributed by atoms with E-state index < -0.39 is 74.4 Å². The Balaban J connectivity index is 2.76. The molecule has 0 unspecified atom stereocenters. The van der Waals surface area contributed by atoms with Crippen LogP contribution in [0.1, 0.15) is 0 Å². The van der Waals surface area contributed by atoms with Gasteiger partial charge in [0, 0.05) is 10.5 Å². The average molecular weight is 492 g/mol. The molecule has 2 nitrogen and oxygen atoms in total. The van der Waals surface area contributed by atoms with Gasteiger partial charge in [-0.15, -0.1) is 19.6 Å². The first-order valence-corrected chi connectivity index (χ1v) is 9.43. The van der Waals surface area contributed by atoms with Crippen LogP contribution in [0.2, 0.25) is 0 Å². The lowest BCUT2D eigenvalue weighted by Crippen LogP contribution is -2.18. The molecule has 0 aliphatic rings. The maximum atomic E-state index is 13.2. The van der Waals surface area contributed by atoms with Crippen LogP contribution in [0, 0.1) is 12.3 Å². The number of halogens is 9. The van der Waals surface area contributed by atoms with Gasteiger partial charge in [-0.3, -0.25) is 0 Å². The number of ether oxygens (including phenoxy) is 2. The molecule has 0 radical (unpaired) electrons. The van der Waals surface area contributed by atoms with Crippen LogP contribution >= 0.6 is 23.5 Å². The van der Waals surface area contributed by atoms with Gasteiger partial charge >= 0.3 is 17.4 Å². The predicted molar refractivity (Wildman–Crippen MR) is 96.7 cm³/mol. The first-order chi connectivity index (χ1) is 14.2. The standard InChI is InChI=1S/C18H9F9O2S2/c1-2-8-28-13-7-6-12(29-16(19,20)21)14(15(13)31-18(25,26)27)10-4-3-5-11(9-10)30-17(22,23)24/h1,3-7,9H,8H2. The number of benzene rings is 2. The molecule has 0 saturated carbocycles. The molecule has 0 aliphatic carbocycles. The Morgan fingerprint density at radius 3 is 2.00 bits per heavy atom. The van der Waals surface area contributed by atoms with E-state index in [1.165, 1.54) is 0 Å². The first kappa shape index (κ1) is 24.9. The summed E-state index contributed by atoms with van der Waals surface area (Å²) in [5.74, 6) is 0.432. The van der Waals surface area contributed by atoms with Gasteiger partial charge in [0.2, 0.25) is 0 Å². The molecule has 0 amide bonds. The highest BCUT2D eigenvalue weighted by Crippen LogP contribution is 2.51. The highest BCUT2D eigenvalue weighted by atomic mass is 32.2. The molecule has 0 fully saturated rings. The minimum absolute atomic E-state index is 0.383. The van der Waals surface area contributed by atoms with Crippen molar-refractivity contribution in [3.63, 3.8) is 0 Å². The van der Waals surface area contributed by atoms with Crippen molar-refractivity contribution in [2.45, 2.75) is 27.2 Å². The Morgan fingerprint density at radius 2 is 1.45 bits per heavy atom. The van der Waals surface area contributed by atoms with E-state index in [0.717, 1.165) is 30.3 Å². The van der Waals surface area contributed by atoms with E-state index in [1.54, 1.807) is 0 Å². The number of hydrogen-bond donors (Lipinski definition) is 0. The van der Waals surface area contributed by atoms with Crippen molar-refractivity contribution in [2.75, 3.05) is 6.61 Å². The van der Waals surface area contributed by atoms with Crippen LogP contribution in [0.5, 0.6) is 11.5 Å². The molecule has 2 aromatic carbocycles. The van der Waals surface area contributed by atoms with Gasteiger partial charge in [-0.2, -0.15) is 26.3 Å². The number of thioether (sulfide) groups is 2. The molecule has 2 rings (SSSR count). The predicted octanol–water partition coefficient (Wildman–Crippen LogP) is 7.49. The van der Waals surface area contributed by atoms with Crippen LogP contribution in [-0.4, -0.2) is 24.0 Å². The van der Waals surface area contributed by atoms with E-state index in [4.69, 9.17) is 11.2 Å². The van der Waals surface area contributed by atoms with E-state index in [9.17, 15) is 39.5 Å². The zero-order chi connectivity index (χ0) is 23.4. The normalized spacial score (nSPS) is 12.4. The number of alkyl halides is 9. The van der Waals surface area contributed by atoms with Crippen molar-refractivity contribution in [1.29, 1.82) is 0 Å². The smallest absolute Gasteiger partial charge is 0.480 e. The second-order valence-electron chi connectivity index (χ2n) is 5.43. The second kappa shape index (κ2) is 9.44. The van der Waals surface area contributed by atoms with E-state index in [2.05, 4.69) is 4.74 Å². The Kier molecular flexibility index (Phi) is 7.59. The molecule has 0 saturated heterocycles. The van der Waals surface area contributed by atoms with Gasteiger partial charge in [0.05, 0.1) is 4.90 Å². The number of hydrogen-bond acceptors (Lipinski definition) is 4. The Morgan fingerprint density at radius 1 is 0.839 bits per heavy atom. The Bertz CT molecular complexity index is 960. The fourth-order valence-corrected chi connectivity index (χ4v) is 3.71. The molecule has 0 aromatic heterocycles. The molecule has 31 heavy (non-hydrogen) atoms. The van der Waals surface area contributed by atoms with Gasteiger partial charge in [0.25, 0.3) is 0 Å². The summed E-state index contributed by atoms with van der Waals surface area (Å²) in [4.78, 5) is -1.31. The third-order valence-corrected chi connectivity index (χ3v) is 4.76. The molecule has 0 heterocycles. The van der Waals surface area contributed by atoms with Gasteiger partial charge in [-0.25, -0.2) is 0 Å². The SMILES string of the molecule is C#CCOc1ccc(OC(F)(F)F)c(-c2cccc(SC(F)(F)F)c2)c1SC(F)(F)F. The van der Waals surface area contributed by atoms with Crippen molar-refractivity contribution < 1.29 is 49.0 Å². The van der Waals surface area contributed by atoms with Crippen LogP contribution in [-0.2, 0) is 0 Å². The number of terminal acetylenes is 1. The monoisotopic (exact) mass is 492 g/mol. The van der Waals surface area contributed by atoms with Crippen LogP contribution in [0.4, 0.5) is 39.5 Å². The Labute approximate surface area is 178 Å². The minimum atomic E-state index is -5.28. The van der Waals surface area contributed by atoms with E-state index in [1.807, 2.05) is 5.92 Å². The molecule has 0 atom stereocenters. The summed E-state index contributed by atoms with van der Waals surface area (Å²) in [5.41, 5.74) is -10.8. The van der Waals surface area contributed by atoms with E-state index >= 15 is 0 Å². The maximum Gasteiger partial charge on any atom is 0.573 e. The minimum Gasteiger partial charge on any atom is -0.480 e. The van der Waals surface area contributed by atoms with E-state index in [0.29, 0.717) is 6.07 Å². The van der Waals surface area contributed by atoms with Crippen molar-refractivity contribution in [3.8, 4) is 35.0 Å². The topological polar surface area (TPSA) is 18.5 Å². The lowest BCUT2D eigenvalue weighted by molar-refractivity contribution is -0.274. The summed E-state index contributed by atoms with van der Waals surface area (Å²) in [5, 5.41) is 0. The molecule has 168 valence electrons. The van der Waals surface area contributed by atoms with Crippen molar-refractivity contribution in [3.05, 3.63) is 36.4 Å². The molecule has 0 aliphatic heterocycles. The van der Waals surface area contributed by atoms with Crippen molar-refractivity contribution >= 4 is 23.5 Å². The van der Waals surface area contributed by atoms with Gasteiger partial charge in [0.1, 0.15) is 18.1 Å². The fraction of sp³-hybridized carbons (Fsp3) is 0.222. The number of rotatable bonds is 6. The van der Waals surface area contributed by atoms with Gasteiger partial charge in [-0.1, -0.05) is 18.1 Å². The third-order valence-electron chi connectivity index (χ3n) is 3.19. The quantitative estimate of drug-likeness (QED) is 0.236. The second-order valence-corrected chi connectivity index (χ2v) is 7.64.